The highest BCUT2D eigenvalue weighted by Crippen LogP contribution is 2.29. The Morgan fingerprint density at radius 3 is 2.78 bits per heavy atom. The summed E-state index contributed by atoms with van der Waals surface area (Å²) in [6, 6.07) is 8.50. The summed E-state index contributed by atoms with van der Waals surface area (Å²) >= 11 is 0. The van der Waals surface area contributed by atoms with Gasteiger partial charge >= 0.3 is 0 Å². The minimum atomic E-state index is 0.154. The van der Waals surface area contributed by atoms with Gasteiger partial charge < -0.3 is 9.80 Å². The monoisotopic (exact) mass is 246 g/mol. The number of rotatable bonds is 4. The first-order chi connectivity index (χ1) is 8.59. The molecular formula is C15H22N2O. The van der Waals surface area contributed by atoms with Gasteiger partial charge in [-0.15, -0.1) is 0 Å². The largest absolute Gasteiger partial charge is 0.367 e. The molecule has 0 radical (unpaired) electrons. The summed E-state index contributed by atoms with van der Waals surface area (Å²) in [5, 5.41) is 0. The second-order valence-corrected chi connectivity index (χ2v) is 5.33. The van der Waals surface area contributed by atoms with Crippen molar-refractivity contribution in [1.29, 1.82) is 0 Å². The van der Waals surface area contributed by atoms with Crippen molar-refractivity contribution in [3.63, 3.8) is 0 Å². The van der Waals surface area contributed by atoms with Gasteiger partial charge in [0.15, 0.2) is 5.78 Å². The average molecular weight is 246 g/mol. The summed E-state index contributed by atoms with van der Waals surface area (Å²) in [5.74, 6) is 0.154. The minimum Gasteiger partial charge on any atom is -0.367 e. The van der Waals surface area contributed by atoms with Crippen LogP contribution < -0.4 is 4.90 Å². The lowest BCUT2D eigenvalue weighted by Crippen LogP contribution is -2.38. The van der Waals surface area contributed by atoms with Crippen molar-refractivity contribution in [2.24, 2.45) is 0 Å². The lowest BCUT2D eigenvalue weighted by atomic mass is 10.1. The van der Waals surface area contributed by atoms with Gasteiger partial charge in [-0.2, -0.15) is 0 Å². The molecule has 1 aromatic rings. The molecule has 1 atom stereocenters. The van der Waals surface area contributed by atoms with E-state index >= 15 is 0 Å². The van der Waals surface area contributed by atoms with Gasteiger partial charge in [-0.25, -0.2) is 0 Å². The Balaban J connectivity index is 2.27. The van der Waals surface area contributed by atoms with Crippen LogP contribution in [-0.2, 0) is 0 Å². The molecular weight excluding hydrogens is 224 g/mol. The predicted octanol–water partition coefficient (Wildman–Crippen LogP) is 2.42. The SMILES string of the molecule is CC(=O)c1ccccc1N1CCCC1CN(C)C. The van der Waals surface area contributed by atoms with E-state index in [0.29, 0.717) is 6.04 Å². The number of anilines is 1. The van der Waals surface area contributed by atoms with Crippen molar-refractivity contribution < 1.29 is 4.79 Å². The number of hydrogen-bond acceptors (Lipinski definition) is 3. The molecule has 0 amide bonds. The lowest BCUT2D eigenvalue weighted by Gasteiger charge is -2.30. The number of carbonyl (C=O) groups is 1. The quantitative estimate of drug-likeness (QED) is 0.762. The molecule has 2 rings (SSSR count). The summed E-state index contributed by atoms with van der Waals surface area (Å²) in [6.07, 6.45) is 2.43. The zero-order valence-corrected chi connectivity index (χ0v) is 11.5. The molecule has 1 unspecified atom stereocenters. The topological polar surface area (TPSA) is 23.6 Å². The summed E-state index contributed by atoms with van der Waals surface area (Å²) in [5.41, 5.74) is 1.96. The fourth-order valence-corrected chi connectivity index (χ4v) is 2.79. The van der Waals surface area contributed by atoms with Crippen molar-refractivity contribution in [3.05, 3.63) is 29.8 Å². The van der Waals surface area contributed by atoms with Crippen LogP contribution in [0.15, 0.2) is 24.3 Å². The van der Waals surface area contributed by atoms with Crippen molar-refractivity contribution in [1.82, 2.24) is 4.90 Å². The first-order valence-corrected chi connectivity index (χ1v) is 6.61. The summed E-state index contributed by atoms with van der Waals surface area (Å²) in [4.78, 5) is 16.3. The number of Topliss-reactive ketones (excluding diaryl/α,β-unsaturated/α-hetero) is 1. The summed E-state index contributed by atoms with van der Waals surface area (Å²) in [6.45, 7) is 3.75. The van der Waals surface area contributed by atoms with Crippen LogP contribution >= 0.6 is 0 Å². The van der Waals surface area contributed by atoms with Crippen LogP contribution in [-0.4, -0.2) is 43.9 Å². The van der Waals surface area contributed by atoms with Crippen molar-refractivity contribution in [2.45, 2.75) is 25.8 Å². The van der Waals surface area contributed by atoms with Crippen LogP contribution in [0.4, 0.5) is 5.69 Å². The fourth-order valence-electron chi connectivity index (χ4n) is 2.79. The molecule has 3 heteroatoms. The van der Waals surface area contributed by atoms with Gasteiger partial charge in [0.05, 0.1) is 0 Å². The number of ketones is 1. The molecule has 0 aromatic heterocycles. The second kappa shape index (κ2) is 5.53. The van der Waals surface area contributed by atoms with Gasteiger partial charge in [0, 0.05) is 30.4 Å². The van der Waals surface area contributed by atoms with Crippen molar-refractivity contribution in [3.8, 4) is 0 Å². The van der Waals surface area contributed by atoms with Crippen LogP contribution in [0.5, 0.6) is 0 Å². The smallest absolute Gasteiger partial charge is 0.161 e. The number of likely N-dealkylation sites (N-methyl/N-ethyl adjacent to an activating group) is 1. The third-order valence-electron chi connectivity index (χ3n) is 3.55. The molecule has 0 aliphatic carbocycles. The number of benzene rings is 1. The Morgan fingerprint density at radius 1 is 1.39 bits per heavy atom. The Morgan fingerprint density at radius 2 is 2.11 bits per heavy atom. The summed E-state index contributed by atoms with van der Waals surface area (Å²) < 4.78 is 0. The Bertz CT molecular complexity index is 428. The van der Waals surface area contributed by atoms with Gasteiger partial charge in [-0.1, -0.05) is 12.1 Å². The van der Waals surface area contributed by atoms with Crippen LogP contribution in [0.3, 0.4) is 0 Å². The maximum Gasteiger partial charge on any atom is 0.161 e. The Kier molecular flexibility index (Phi) is 4.02. The number of nitrogens with zero attached hydrogens (tertiary/aromatic N) is 2. The highest BCUT2D eigenvalue weighted by atomic mass is 16.1. The van der Waals surface area contributed by atoms with Crippen LogP contribution in [0, 0.1) is 0 Å². The predicted molar refractivity (Wildman–Crippen MR) is 75.4 cm³/mol. The van der Waals surface area contributed by atoms with E-state index in [1.807, 2.05) is 18.2 Å². The van der Waals surface area contributed by atoms with E-state index < -0.39 is 0 Å². The Hall–Kier alpha value is -1.35. The molecule has 3 nitrogen and oxygen atoms in total. The van der Waals surface area contributed by atoms with Gasteiger partial charge in [-0.05, 0) is 46.0 Å². The van der Waals surface area contributed by atoms with Crippen molar-refractivity contribution >= 4 is 11.5 Å². The fraction of sp³-hybridized carbons (Fsp3) is 0.533. The average Bonchev–Trinajstić information content (AvgIpc) is 2.76. The van der Waals surface area contributed by atoms with E-state index in [0.717, 1.165) is 24.3 Å². The minimum absolute atomic E-state index is 0.154. The summed E-state index contributed by atoms with van der Waals surface area (Å²) in [7, 11) is 4.21. The maximum atomic E-state index is 11.7. The first kappa shape index (κ1) is 13.1. The molecule has 1 aliphatic rings. The normalized spacial score (nSPS) is 19.6. The van der Waals surface area contributed by atoms with Gasteiger partial charge in [0.2, 0.25) is 0 Å². The molecule has 0 saturated carbocycles. The zero-order chi connectivity index (χ0) is 13.1. The van der Waals surface area contributed by atoms with E-state index in [4.69, 9.17) is 0 Å². The lowest BCUT2D eigenvalue weighted by molar-refractivity contribution is 0.101. The van der Waals surface area contributed by atoms with Gasteiger partial charge in [0.1, 0.15) is 0 Å². The molecule has 18 heavy (non-hydrogen) atoms. The molecule has 1 heterocycles. The first-order valence-electron chi connectivity index (χ1n) is 6.61. The molecule has 0 spiro atoms. The van der Waals surface area contributed by atoms with Gasteiger partial charge in [-0.3, -0.25) is 4.79 Å². The highest BCUT2D eigenvalue weighted by molar-refractivity contribution is 5.99. The van der Waals surface area contributed by atoms with E-state index in [1.54, 1.807) is 6.92 Å². The molecule has 98 valence electrons. The van der Waals surface area contributed by atoms with Gasteiger partial charge in [0.25, 0.3) is 0 Å². The van der Waals surface area contributed by atoms with Crippen LogP contribution in [0.1, 0.15) is 30.1 Å². The van der Waals surface area contributed by atoms with E-state index in [2.05, 4.69) is 30.0 Å². The number of hydrogen-bond donors (Lipinski definition) is 0. The highest BCUT2D eigenvalue weighted by Gasteiger charge is 2.27. The van der Waals surface area contributed by atoms with Crippen molar-refractivity contribution in [2.75, 3.05) is 32.1 Å². The van der Waals surface area contributed by atoms with Crippen LogP contribution in [0.2, 0.25) is 0 Å². The van der Waals surface area contributed by atoms with E-state index in [-0.39, 0.29) is 5.78 Å². The number of para-hydroxylation sites is 1. The third-order valence-corrected chi connectivity index (χ3v) is 3.55. The maximum absolute atomic E-state index is 11.7. The molecule has 1 aromatic carbocycles. The van der Waals surface area contributed by atoms with Crippen LogP contribution in [0.25, 0.3) is 0 Å². The Labute approximate surface area is 109 Å². The van der Waals surface area contributed by atoms with E-state index in [9.17, 15) is 4.79 Å². The van der Waals surface area contributed by atoms with E-state index in [1.165, 1.54) is 12.8 Å². The third kappa shape index (κ3) is 2.72. The standard InChI is InChI=1S/C15H22N2O/c1-12(18)14-8-4-5-9-15(14)17-10-6-7-13(17)11-16(2)3/h4-5,8-9,13H,6-7,10-11H2,1-3H3. The molecule has 1 saturated heterocycles. The second-order valence-electron chi connectivity index (χ2n) is 5.33. The molecule has 1 aliphatic heterocycles. The number of carbonyl (C=O) groups excluding carboxylic acids is 1. The zero-order valence-electron chi connectivity index (χ0n) is 11.5. The molecule has 0 bridgehead atoms. The molecule has 0 N–H and O–H groups in total. The molecule has 1 fully saturated rings.